The number of anilines is 1. The third-order valence-electron chi connectivity index (χ3n) is 4.74. The Labute approximate surface area is 130 Å². The molecule has 2 aliphatic rings. The Morgan fingerprint density at radius 1 is 1.24 bits per heavy atom. The molecule has 0 bridgehead atoms. The van der Waals surface area contributed by atoms with Gasteiger partial charge in [0.15, 0.2) is 5.13 Å². The molecule has 2 fully saturated rings. The molecule has 7 heteroatoms. The molecule has 0 radical (unpaired) electrons. The number of thiazole rings is 1. The van der Waals surface area contributed by atoms with E-state index in [-0.39, 0.29) is 17.3 Å². The molecule has 0 unspecified atom stereocenters. The lowest BCUT2D eigenvalue weighted by Gasteiger charge is -2.32. The molecule has 5 nitrogen and oxygen atoms in total. The van der Waals surface area contributed by atoms with Gasteiger partial charge in [-0.25, -0.2) is 4.98 Å². The predicted octanol–water partition coefficient (Wildman–Crippen LogP) is 1.40. The quantitative estimate of drug-likeness (QED) is 0.837. The van der Waals surface area contributed by atoms with Gasteiger partial charge in [0.05, 0.1) is 22.9 Å². The normalized spacial score (nSPS) is 25.6. The Balaban J connectivity index is 1.71. The molecular weight excluding hydrogens is 287 g/mol. The fraction of sp³-hybridized carbons (Fsp3) is 0.786. The Morgan fingerprint density at radius 3 is 2.38 bits per heavy atom. The molecule has 0 saturated carbocycles. The highest BCUT2D eigenvalue weighted by Gasteiger charge is 2.52. The summed E-state index contributed by atoms with van der Waals surface area (Å²) in [5.74, 6) is 0. The van der Waals surface area contributed by atoms with Crippen molar-refractivity contribution < 1.29 is 14.4 Å². The average Bonchev–Trinajstić information content (AvgIpc) is 2.94. The van der Waals surface area contributed by atoms with Crippen molar-refractivity contribution in [3.8, 4) is 0 Å². The van der Waals surface area contributed by atoms with Crippen molar-refractivity contribution >= 4 is 29.2 Å². The van der Waals surface area contributed by atoms with E-state index in [0.29, 0.717) is 0 Å². The summed E-state index contributed by atoms with van der Waals surface area (Å²) in [6.45, 7) is 9.91. The molecule has 0 aromatic carbocycles. The van der Waals surface area contributed by atoms with Gasteiger partial charge in [0.2, 0.25) is 0 Å². The lowest BCUT2D eigenvalue weighted by molar-refractivity contribution is 0.00578. The topological polar surface area (TPSA) is 54.8 Å². The number of aliphatic hydroxyl groups is 1. The second-order valence-corrected chi connectivity index (χ2v) is 7.70. The summed E-state index contributed by atoms with van der Waals surface area (Å²) in [7, 11) is -0.393. The third-order valence-corrected chi connectivity index (χ3v) is 5.66. The first-order chi connectivity index (χ1) is 9.78. The van der Waals surface area contributed by atoms with Gasteiger partial charge in [0.1, 0.15) is 0 Å². The number of hydrogen-bond acceptors (Lipinski definition) is 6. The zero-order valence-corrected chi connectivity index (χ0v) is 13.9. The van der Waals surface area contributed by atoms with Gasteiger partial charge in [-0.05, 0) is 40.5 Å². The highest BCUT2D eigenvalue weighted by atomic mass is 32.1. The zero-order chi connectivity index (χ0) is 15.3. The molecule has 1 aromatic rings. The number of aromatic nitrogens is 1. The first kappa shape index (κ1) is 15.3. The fourth-order valence-electron chi connectivity index (χ4n) is 2.55. The van der Waals surface area contributed by atoms with E-state index < -0.39 is 7.12 Å². The van der Waals surface area contributed by atoms with E-state index in [1.165, 1.54) is 0 Å². The zero-order valence-electron chi connectivity index (χ0n) is 13.1. The molecule has 3 heterocycles. The van der Waals surface area contributed by atoms with E-state index in [2.05, 4.69) is 9.88 Å². The molecule has 2 saturated heterocycles. The molecule has 2 aliphatic heterocycles. The van der Waals surface area contributed by atoms with E-state index in [4.69, 9.17) is 9.31 Å². The van der Waals surface area contributed by atoms with Gasteiger partial charge in [0.25, 0.3) is 0 Å². The maximum Gasteiger partial charge on any atom is 0.515 e. The lowest BCUT2D eigenvalue weighted by Crippen LogP contribution is -2.41. The highest BCUT2D eigenvalue weighted by Crippen LogP contribution is 2.36. The molecule has 0 aliphatic carbocycles. The molecule has 0 atom stereocenters. The molecule has 1 aromatic heterocycles. The minimum atomic E-state index is -0.393. The molecule has 0 amide bonds. The van der Waals surface area contributed by atoms with Crippen LogP contribution in [0.4, 0.5) is 5.13 Å². The van der Waals surface area contributed by atoms with Crippen LogP contribution in [0.1, 0.15) is 40.5 Å². The summed E-state index contributed by atoms with van der Waals surface area (Å²) in [5, 5.41) is 12.6. The Hall–Kier alpha value is -0.625. The van der Waals surface area contributed by atoms with Crippen LogP contribution in [0.3, 0.4) is 0 Å². The van der Waals surface area contributed by atoms with Crippen molar-refractivity contribution in [1.29, 1.82) is 0 Å². The van der Waals surface area contributed by atoms with Crippen molar-refractivity contribution in [2.24, 2.45) is 0 Å². The smallest absolute Gasteiger partial charge is 0.398 e. The Bertz CT molecular complexity index is 496. The van der Waals surface area contributed by atoms with Crippen LogP contribution in [-0.2, 0) is 9.31 Å². The van der Waals surface area contributed by atoms with Gasteiger partial charge in [-0.1, -0.05) is 0 Å². The maximum absolute atomic E-state index is 9.58. The fourth-order valence-corrected chi connectivity index (χ4v) is 3.43. The Morgan fingerprint density at radius 2 is 1.81 bits per heavy atom. The molecule has 0 spiro atoms. The second-order valence-electron chi connectivity index (χ2n) is 6.86. The van der Waals surface area contributed by atoms with Gasteiger partial charge in [-0.3, -0.25) is 0 Å². The summed E-state index contributed by atoms with van der Waals surface area (Å²) in [5.41, 5.74) is 0.174. The third kappa shape index (κ3) is 2.84. The van der Waals surface area contributed by atoms with Crippen LogP contribution in [0.2, 0.25) is 0 Å². The number of aliphatic hydroxyl groups excluding tert-OH is 1. The largest absolute Gasteiger partial charge is 0.515 e. The summed E-state index contributed by atoms with van der Waals surface area (Å²) in [6.07, 6.45) is 1.46. The molecular formula is C14H23BN2O3S. The van der Waals surface area contributed by atoms with Gasteiger partial charge in [-0.15, -0.1) is 11.3 Å². The van der Waals surface area contributed by atoms with E-state index in [0.717, 1.165) is 36.7 Å². The molecule has 21 heavy (non-hydrogen) atoms. The number of piperidine rings is 1. The maximum atomic E-state index is 9.58. The average molecular weight is 310 g/mol. The van der Waals surface area contributed by atoms with Gasteiger partial charge in [-0.2, -0.15) is 0 Å². The Kier molecular flexibility index (Phi) is 3.80. The van der Waals surface area contributed by atoms with Crippen molar-refractivity contribution in [2.45, 2.75) is 57.8 Å². The summed E-state index contributed by atoms with van der Waals surface area (Å²) in [4.78, 5) is 6.91. The van der Waals surface area contributed by atoms with Crippen molar-refractivity contribution in [2.75, 3.05) is 18.0 Å². The minimum Gasteiger partial charge on any atom is -0.398 e. The van der Waals surface area contributed by atoms with Crippen LogP contribution < -0.4 is 10.5 Å². The van der Waals surface area contributed by atoms with E-state index in [1.54, 1.807) is 11.3 Å². The van der Waals surface area contributed by atoms with E-state index in [1.807, 2.05) is 33.1 Å². The van der Waals surface area contributed by atoms with Crippen LogP contribution in [0.25, 0.3) is 0 Å². The van der Waals surface area contributed by atoms with Crippen molar-refractivity contribution in [3.05, 3.63) is 5.38 Å². The SMILES string of the molecule is CC1(C)OB(c2csc(N3CCC(O)CC3)n2)OC1(C)C. The van der Waals surface area contributed by atoms with Crippen LogP contribution in [0.5, 0.6) is 0 Å². The van der Waals surface area contributed by atoms with Crippen LogP contribution in [0, 0.1) is 0 Å². The standard InChI is InChI=1S/C14H23BN2O3S/c1-13(2)14(3,4)20-15(19-13)11-9-21-12(16-11)17-7-5-10(18)6-8-17/h9-10,18H,5-8H2,1-4H3. The minimum absolute atomic E-state index is 0.163. The van der Waals surface area contributed by atoms with Crippen molar-refractivity contribution in [3.63, 3.8) is 0 Å². The monoisotopic (exact) mass is 310 g/mol. The highest BCUT2D eigenvalue weighted by molar-refractivity contribution is 7.14. The predicted molar refractivity (Wildman–Crippen MR) is 85.3 cm³/mol. The van der Waals surface area contributed by atoms with Gasteiger partial charge in [0, 0.05) is 18.5 Å². The summed E-state index contributed by atoms with van der Waals surface area (Å²) < 4.78 is 12.1. The van der Waals surface area contributed by atoms with Crippen LogP contribution in [-0.4, -0.2) is 47.6 Å². The first-order valence-electron chi connectivity index (χ1n) is 7.52. The van der Waals surface area contributed by atoms with Gasteiger partial charge >= 0.3 is 7.12 Å². The first-order valence-corrected chi connectivity index (χ1v) is 8.40. The lowest BCUT2D eigenvalue weighted by atomic mass is 9.86. The number of rotatable bonds is 2. The molecule has 3 rings (SSSR count). The van der Waals surface area contributed by atoms with Gasteiger partial charge < -0.3 is 19.3 Å². The van der Waals surface area contributed by atoms with Crippen molar-refractivity contribution in [1.82, 2.24) is 4.98 Å². The number of hydrogen-bond donors (Lipinski definition) is 1. The molecule has 1 N–H and O–H groups in total. The summed E-state index contributed by atoms with van der Waals surface area (Å²) >= 11 is 1.62. The number of nitrogens with zero attached hydrogens (tertiary/aromatic N) is 2. The van der Waals surface area contributed by atoms with Crippen LogP contribution >= 0.6 is 11.3 Å². The molecule has 116 valence electrons. The van der Waals surface area contributed by atoms with E-state index >= 15 is 0 Å². The summed E-state index contributed by atoms with van der Waals surface area (Å²) in [6, 6.07) is 0. The van der Waals surface area contributed by atoms with E-state index in [9.17, 15) is 5.11 Å². The second kappa shape index (κ2) is 5.23. The van der Waals surface area contributed by atoms with Crippen LogP contribution in [0.15, 0.2) is 5.38 Å².